The van der Waals surface area contributed by atoms with Gasteiger partial charge in [-0.3, -0.25) is 4.79 Å². The molecule has 0 aliphatic carbocycles. The highest BCUT2D eigenvalue weighted by atomic mass is 16.2. The SMILES string of the molecule is Cc1cccc(Nc2cc(C[C@@H]3CCCN(C(=O)/C=C/CN(C)C)C3)ncn2)n1. The number of piperidine rings is 1. The van der Waals surface area contributed by atoms with Crippen LogP contribution in [0.4, 0.5) is 11.6 Å². The molecule has 154 valence electrons. The lowest BCUT2D eigenvalue weighted by Gasteiger charge is -2.32. The lowest BCUT2D eigenvalue weighted by atomic mass is 9.93. The van der Waals surface area contributed by atoms with Crippen LogP contribution in [0, 0.1) is 12.8 Å². The maximum Gasteiger partial charge on any atom is 0.246 e. The van der Waals surface area contributed by atoms with E-state index in [0.29, 0.717) is 5.92 Å². The van der Waals surface area contributed by atoms with E-state index in [4.69, 9.17) is 0 Å². The van der Waals surface area contributed by atoms with Gasteiger partial charge in [0.25, 0.3) is 0 Å². The second-order valence-electron chi connectivity index (χ2n) is 7.85. The van der Waals surface area contributed by atoms with Gasteiger partial charge in [-0.05, 0) is 58.3 Å². The van der Waals surface area contributed by atoms with Crippen molar-refractivity contribution in [3.05, 3.63) is 54.1 Å². The zero-order valence-corrected chi connectivity index (χ0v) is 17.5. The molecule has 1 aliphatic heterocycles. The van der Waals surface area contributed by atoms with E-state index in [1.165, 1.54) is 0 Å². The molecule has 1 atom stereocenters. The summed E-state index contributed by atoms with van der Waals surface area (Å²) in [6.45, 7) is 4.34. The number of nitrogens with zero attached hydrogens (tertiary/aromatic N) is 5. The molecule has 0 spiro atoms. The van der Waals surface area contributed by atoms with E-state index < -0.39 is 0 Å². The molecule has 1 amide bonds. The molecule has 0 bridgehead atoms. The fourth-order valence-corrected chi connectivity index (χ4v) is 3.52. The van der Waals surface area contributed by atoms with Crippen LogP contribution in [0.15, 0.2) is 42.7 Å². The lowest BCUT2D eigenvalue weighted by Crippen LogP contribution is -2.39. The molecule has 0 radical (unpaired) electrons. The molecule has 0 unspecified atom stereocenters. The van der Waals surface area contributed by atoms with Gasteiger partial charge in [0, 0.05) is 43.2 Å². The third kappa shape index (κ3) is 6.64. The van der Waals surface area contributed by atoms with E-state index >= 15 is 0 Å². The quantitative estimate of drug-likeness (QED) is 0.728. The van der Waals surface area contributed by atoms with E-state index in [2.05, 4.69) is 20.3 Å². The maximum absolute atomic E-state index is 12.4. The number of hydrogen-bond donors (Lipinski definition) is 1. The third-order valence-electron chi connectivity index (χ3n) is 4.93. The molecule has 0 saturated carbocycles. The molecule has 7 heteroatoms. The van der Waals surface area contributed by atoms with Crippen LogP contribution in [0.1, 0.15) is 24.2 Å². The molecule has 2 aromatic rings. The fourth-order valence-electron chi connectivity index (χ4n) is 3.52. The van der Waals surface area contributed by atoms with Gasteiger partial charge in [-0.2, -0.15) is 0 Å². The molecular weight excluding hydrogens is 364 g/mol. The highest BCUT2D eigenvalue weighted by Crippen LogP contribution is 2.22. The molecule has 1 fully saturated rings. The summed E-state index contributed by atoms with van der Waals surface area (Å²) in [4.78, 5) is 29.6. The molecule has 2 aromatic heterocycles. The Hall–Kier alpha value is -2.80. The van der Waals surface area contributed by atoms with Crippen molar-refractivity contribution in [1.82, 2.24) is 24.8 Å². The first-order valence-electron chi connectivity index (χ1n) is 10.1. The molecular formula is C22H30N6O. The topological polar surface area (TPSA) is 74.2 Å². The van der Waals surface area contributed by atoms with Gasteiger partial charge in [-0.25, -0.2) is 15.0 Å². The van der Waals surface area contributed by atoms with Crippen LogP contribution < -0.4 is 5.32 Å². The Bertz CT molecular complexity index is 851. The molecule has 0 aromatic carbocycles. The first-order valence-corrected chi connectivity index (χ1v) is 10.1. The Labute approximate surface area is 172 Å². The Balaban J connectivity index is 1.58. The molecule has 1 N–H and O–H groups in total. The second-order valence-corrected chi connectivity index (χ2v) is 7.85. The molecule has 3 rings (SSSR count). The molecule has 1 saturated heterocycles. The van der Waals surface area contributed by atoms with Crippen LogP contribution in [0.5, 0.6) is 0 Å². The van der Waals surface area contributed by atoms with Gasteiger partial charge in [0.05, 0.1) is 0 Å². The van der Waals surface area contributed by atoms with Gasteiger partial charge < -0.3 is 15.1 Å². The summed E-state index contributed by atoms with van der Waals surface area (Å²) in [5, 5.41) is 3.24. The van der Waals surface area contributed by atoms with E-state index in [1.807, 2.05) is 61.2 Å². The van der Waals surface area contributed by atoms with Gasteiger partial charge in [-0.15, -0.1) is 0 Å². The number of likely N-dealkylation sites (tertiary alicyclic amines) is 1. The smallest absolute Gasteiger partial charge is 0.246 e. The van der Waals surface area contributed by atoms with Crippen molar-refractivity contribution in [1.29, 1.82) is 0 Å². The monoisotopic (exact) mass is 394 g/mol. The van der Waals surface area contributed by atoms with E-state index in [-0.39, 0.29) is 5.91 Å². The van der Waals surface area contributed by atoms with Crippen LogP contribution in [0.2, 0.25) is 0 Å². The van der Waals surface area contributed by atoms with Crippen molar-refractivity contribution in [2.45, 2.75) is 26.2 Å². The minimum Gasteiger partial charge on any atom is -0.339 e. The number of rotatable bonds is 7. The first-order chi connectivity index (χ1) is 14.0. The number of carbonyl (C=O) groups is 1. The minimum absolute atomic E-state index is 0.104. The summed E-state index contributed by atoms with van der Waals surface area (Å²) in [5.41, 5.74) is 1.94. The summed E-state index contributed by atoms with van der Waals surface area (Å²) in [6.07, 6.45) is 8.18. The standard InChI is InChI=1S/C22H30N6O/c1-17-7-4-9-20(25-17)26-21-14-19(23-16-24-21)13-18-8-5-12-28(15-18)22(29)10-6-11-27(2)3/h4,6-7,9-10,14,16,18H,5,8,11-13,15H2,1-3H3,(H,23,24,25,26)/b10-6+/t18-/m0/s1. The number of likely N-dealkylation sites (N-methyl/N-ethyl adjacent to an activating group) is 1. The molecule has 1 aliphatic rings. The fraction of sp³-hybridized carbons (Fsp3) is 0.455. The lowest BCUT2D eigenvalue weighted by molar-refractivity contribution is -0.127. The number of hydrogen-bond acceptors (Lipinski definition) is 6. The third-order valence-corrected chi connectivity index (χ3v) is 4.93. The van der Waals surface area contributed by atoms with Crippen molar-refractivity contribution in [2.75, 3.05) is 39.0 Å². The number of aryl methyl sites for hydroxylation is 1. The zero-order chi connectivity index (χ0) is 20.6. The summed E-state index contributed by atoms with van der Waals surface area (Å²) >= 11 is 0. The normalized spacial score (nSPS) is 17.1. The minimum atomic E-state index is 0.104. The Kier molecular flexibility index (Phi) is 7.30. The average molecular weight is 395 g/mol. The maximum atomic E-state index is 12.4. The molecule has 7 nitrogen and oxygen atoms in total. The summed E-state index contributed by atoms with van der Waals surface area (Å²) < 4.78 is 0. The van der Waals surface area contributed by atoms with Crippen molar-refractivity contribution in [3.63, 3.8) is 0 Å². The number of carbonyl (C=O) groups excluding carboxylic acids is 1. The Morgan fingerprint density at radius 1 is 1.31 bits per heavy atom. The van der Waals surface area contributed by atoms with Crippen LogP contribution >= 0.6 is 0 Å². The molecule has 29 heavy (non-hydrogen) atoms. The number of aromatic nitrogens is 3. The predicted octanol–water partition coefficient (Wildman–Crippen LogP) is 2.82. The largest absolute Gasteiger partial charge is 0.339 e. The summed E-state index contributed by atoms with van der Waals surface area (Å²) in [6, 6.07) is 7.82. The van der Waals surface area contributed by atoms with Gasteiger partial charge in [0.1, 0.15) is 18.0 Å². The average Bonchev–Trinajstić information content (AvgIpc) is 2.68. The Morgan fingerprint density at radius 3 is 2.97 bits per heavy atom. The highest BCUT2D eigenvalue weighted by molar-refractivity contribution is 5.87. The van der Waals surface area contributed by atoms with Crippen molar-refractivity contribution in [2.24, 2.45) is 5.92 Å². The van der Waals surface area contributed by atoms with Gasteiger partial charge in [0.2, 0.25) is 5.91 Å². The second kappa shape index (κ2) is 10.1. The van der Waals surface area contributed by atoms with Crippen molar-refractivity contribution < 1.29 is 4.79 Å². The summed E-state index contributed by atoms with van der Waals surface area (Å²) in [5.74, 6) is 2.03. The Morgan fingerprint density at radius 2 is 2.17 bits per heavy atom. The number of nitrogens with one attached hydrogen (secondary N) is 1. The van der Waals surface area contributed by atoms with Gasteiger partial charge in [-0.1, -0.05) is 12.1 Å². The first kappa shape index (κ1) is 20.9. The van der Waals surface area contributed by atoms with Crippen LogP contribution in [-0.2, 0) is 11.2 Å². The number of anilines is 2. The highest BCUT2D eigenvalue weighted by Gasteiger charge is 2.23. The predicted molar refractivity (Wildman–Crippen MR) is 115 cm³/mol. The van der Waals surface area contributed by atoms with E-state index in [1.54, 1.807) is 12.4 Å². The van der Waals surface area contributed by atoms with E-state index in [9.17, 15) is 4.79 Å². The van der Waals surface area contributed by atoms with Gasteiger partial charge in [0.15, 0.2) is 0 Å². The van der Waals surface area contributed by atoms with Gasteiger partial charge >= 0.3 is 0 Å². The van der Waals surface area contributed by atoms with Crippen molar-refractivity contribution in [3.8, 4) is 0 Å². The zero-order valence-electron chi connectivity index (χ0n) is 17.5. The molecule has 3 heterocycles. The van der Waals surface area contributed by atoms with Crippen molar-refractivity contribution >= 4 is 17.5 Å². The number of pyridine rings is 1. The summed E-state index contributed by atoms with van der Waals surface area (Å²) in [7, 11) is 3.98. The van der Waals surface area contributed by atoms with Crippen LogP contribution in [0.25, 0.3) is 0 Å². The van der Waals surface area contributed by atoms with Crippen LogP contribution in [0.3, 0.4) is 0 Å². The van der Waals surface area contributed by atoms with E-state index in [0.717, 1.165) is 61.9 Å². The van der Waals surface area contributed by atoms with Crippen LogP contribution in [-0.4, -0.2) is 64.4 Å². The number of amides is 1.